The smallest absolute Gasteiger partial charge is 0.343 e. The van der Waals surface area contributed by atoms with E-state index in [0.29, 0.717) is 31.9 Å². The zero-order chi connectivity index (χ0) is 26.5. The Kier molecular flexibility index (Phi) is 6.54. The second-order valence-electron chi connectivity index (χ2n) is 9.87. The maximum Gasteiger partial charge on any atom is 0.422 e. The topological polar surface area (TPSA) is 95.1 Å². The summed E-state index contributed by atoms with van der Waals surface area (Å²) in [4.78, 5) is 36.5. The predicted molar refractivity (Wildman–Crippen MR) is 120 cm³/mol. The molecule has 196 valence electrons. The maximum atomic E-state index is 13.4. The van der Waals surface area contributed by atoms with Crippen molar-refractivity contribution < 1.29 is 26.7 Å². The van der Waals surface area contributed by atoms with Crippen LogP contribution in [-0.2, 0) is 28.7 Å². The minimum Gasteiger partial charge on any atom is -0.343 e. The third kappa shape index (κ3) is 4.92. The van der Waals surface area contributed by atoms with Crippen molar-refractivity contribution in [3.8, 4) is 0 Å². The van der Waals surface area contributed by atoms with Gasteiger partial charge in [0.15, 0.2) is 0 Å². The number of rotatable bonds is 5. The summed E-state index contributed by atoms with van der Waals surface area (Å²) in [6.07, 6.45) is -1.15. The lowest BCUT2D eigenvalue weighted by Gasteiger charge is -2.38. The molecule has 0 radical (unpaired) electrons. The number of carbonyl (C=O) groups is 1. The molecule has 2 aromatic heterocycles. The van der Waals surface area contributed by atoms with Gasteiger partial charge >= 0.3 is 6.18 Å². The van der Waals surface area contributed by atoms with Crippen LogP contribution in [0.15, 0.2) is 17.2 Å². The van der Waals surface area contributed by atoms with Crippen LogP contribution in [0, 0.1) is 0 Å². The van der Waals surface area contributed by atoms with Gasteiger partial charge in [-0.05, 0) is 31.2 Å². The third-order valence-electron chi connectivity index (χ3n) is 7.24. The lowest BCUT2D eigenvalue weighted by Crippen LogP contribution is -2.47. The lowest BCUT2D eigenvalue weighted by molar-refractivity contribution is -0.139. The summed E-state index contributed by atoms with van der Waals surface area (Å²) in [6.45, 7) is 3.50. The van der Waals surface area contributed by atoms with Crippen LogP contribution in [0.3, 0.4) is 0 Å². The molecule has 36 heavy (non-hydrogen) atoms. The summed E-state index contributed by atoms with van der Waals surface area (Å²) in [5.41, 5.74) is -3.73. The van der Waals surface area contributed by atoms with E-state index in [1.807, 2.05) is 10.00 Å². The molecule has 2 aromatic rings. The first-order valence-corrected chi connectivity index (χ1v) is 11.6. The van der Waals surface area contributed by atoms with E-state index in [1.54, 1.807) is 18.9 Å². The average Bonchev–Trinajstić information content (AvgIpc) is 3.13. The fourth-order valence-electron chi connectivity index (χ4n) is 5.05. The molecule has 0 saturated carbocycles. The molecule has 1 amide bonds. The minimum absolute atomic E-state index is 0.0235. The Labute approximate surface area is 203 Å². The zero-order valence-corrected chi connectivity index (χ0v) is 20.1. The van der Waals surface area contributed by atoms with E-state index in [1.165, 1.54) is 0 Å². The predicted octanol–water partition coefficient (Wildman–Crippen LogP) is 3.41. The largest absolute Gasteiger partial charge is 0.422 e. The van der Waals surface area contributed by atoms with E-state index in [0.717, 1.165) is 19.3 Å². The molecule has 1 aliphatic carbocycles. The summed E-state index contributed by atoms with van der Waals surface area (Å²) in [7, 11) is 1.66. The highest BCUT2D eigenvalue weighted by molar-refractivity contribution is 5.78. The lowest BCUT2D eigenvalue weighted by atomic mass is 9.83. The standard InChI is InChI=1S/C23H27F5N6O2/c1-21(7-4-15-17(23(26,27)28)19(36)32-31-18(15)21)10-16(35)33(3)14-5-8-34(9-6-14)20-29-11-13(12-30-20)22(2,24)25/h11-12,14H,4-10H2,1-3H3,(H,32,36). The summed E-state index contributed by atoms with van der Waals surface area (Å²) < 4.78 is 67.1. The summed E-state index contributed by atoms with van der Waals surface area (Å²) in [5, 5.41) is 5.85. The number of nitrogens with zero attached hydrogens (tertiary/aromatic N) is 5. The molecule has 1 N–H and O–H groups in total. The van der Waals surface area contributed by atoms with Crippen LogP contribution in [0.25, 0.3) is 0 Å². The van der Waals surface area contributed by atoms with E-state index >= 15 is 0 Å². The Bertz CT molecular complexity index is 1190. The molecule has 1 saturated heterocycles. The first-order valence-electron chi connectivity index (χ1n) is 11.6. The quantitative estimate of drug-likeness (QED) is 0.615. The average molecular weight is 514 g/mol. The number of aromatic nitrogens is 4. The number of nitrogens with one attached hydrogen (secondary N) is 1. The van der Waals surface area contributed by atoms with Gasteiger partial charge in [0.2, 0.25) is 11.9 Å². The van der Waals surface area contributed by atoms with E-state index in [2.05, 4.69) is 15.1 Å². The van der Waals surface area contributed by atoms with Crippen LogP contribution in [0.5, 0.6) is 0 Å². The van der Waals surface area contributed by atoms with Crippen LogP contribution in [-0.4, -0.2) is 57.2 Å². The number of carbonyl (C=O) groups excluding carboxylic acids is 1. The number of fused-ring (bicyclic) bond motifs is 1. The van der Waals surface area contributed by atoms with Crippen LogP contribution in [0.4, 0.5) is 27.9 Å². The number of aromatic amines is 1. The molecule has 1 unspecified atom stereocenters. The Hall–Kier alpha value is -3.12. The fourth-order valence-corrected chi connectivity index (χ4v) is 5.05. The van der Waals surface area contributed by atoms with Crippen molar-refractivity contribution in [2.75, 3.05) is 25.0 Å². The van der Waals surface area contributed by atoms with Crippen LogP contribution in [0.1, 0.15) is 61.9 Å². The Morgan fingerprint density at radius 1 is 1.19 bits per heavy atom. The highest BCUT2D eigenvalue weighted by atomic mass is 19.4. The van der Waals surface area contributed by atoms with E-state index in [9.17, 15) is 31.5 Å². The highest BCUT2D eigenvalue weighted by Crippen LogP contribution is 2.44. The number of amides is 1. The fraction of sp³-hybridized carbons (Fsp3) is 0.609. The number of H-pyrrole nitrogens is 1. The SMILES string of the molecule is CN(C(=O)CC1(C)CCc2c1n[nH]c(=O)c2C(F)(F)F)C1CCN(c2ncc(C(C)(F)F)cn2)CC1. The van der Waals surface area contributed by atoms with Crippen molar-refractivity contribution in [1.29, 1.82) is 0 Å². The van der Waals surface area contributed by atoms with Crippen molar-refractivity contribution in [1.82, 2.24) is 25.1 Å². The molecule has 8 nitrogen and oxygen atoms in total. The van der Waals surface area contributed by atoms with Gasteiger partial charge < -0.3 is 9.80 Å². The summed E-state index contributed by atoms with van der Waals surface area (Å²) >= 11 is 0. The molecule has 13 heteroatoms. The van der Waals surface area contributed by atoms with Crippen molar-refractivity contribution in [3.05, 3.63) is 45.1 Å². The van der Waals surface area contributed by atoms with Crippen molar-refractivity contribution in [3.63, 3.8) is 0 Å². The van der Waals surface area contributed by atoms with Gasteiger partial charge in [-0.2, -0.15) is 18.3 Å². The van der Waals surface area contributed by atoms with Crippen molar-refractivity contribution in [2.24, 2.45) is 0 Å². The summed E-state index contributed by atoms with van der Waals surface area (Å²) in [6, 6.07) is -0.105. The van der Waals surface area contributed by atoms with Gasteiger partial charge in [0.05, 0.1) is 11.3 Å². The van der Waals surface area contributed by atoms with Crippen molar-refractivity contribution >= 4 is 11.9 Å². The minimum atomic E-state index is -4.80. The zero-order valence-electron chi connectivity index (χ0n) is 20.1. The van der Waals surface area contributed by atoms with E-state index < -0.39 is 28.6 Å². The Morgan fingerprint density at radius 2 is 1.81 bits per heavy atom. The molecule has 0 aromatic carbocycles. The first kappa shape index (κ1) is 26.0. The van der Waals surface area contributed by atoms with Gasteiger partial charge in [0.25, 0.3) is 11.5 Å². The molecular formula is C23H27F5N6O2. The molecule has 3 heterocycles. The van der Waals surface area contributed by atoms with E-state index in [4.69, 9.17) is 0 Å². The molecule has 2 aliphatic rings. The van der Waals surface area contributed by atoms with Crippen LogP contribution >= 0.6 is 0 Å². The second kappa shape index (κ2) is 9.07. The first-order chi connectivity index (χ1) is 16.7. The molecule has 1 atom stereocenters. The second-order valence-corrected chi connectivity index (χ2v) is 9.87. The molecular weight excluding hydrogens is 487 g/mol. The van der Waals surface area contributed by atoms with Gasteiger partial charge in [-0.15, -0.1) is 0 Å². The number of halogens is 5. The molecule has 0 bridgehead atoms. The van der Waals surface area contributed by atoms with Crippen molar-refractivity contribution in [2.45, 2.75) is 69.5 Å². The molecule has 0 spiro atoms. The van der Waals surface area contributed by atoms with E-state index in [-0.39, 0.29) is 48.0 Å². The number of hydrogen-bond donors (Lipinski definition) is 1. The maximum absolute atomic E-state index is 13.4. The van der Waals surface area contributed by atoms with Gasteiger partial charge in [-0.1, -0.05) is 6.92 Å². The number of piperidine rings is 1. The van der Waals surface area contributed by atoms with Crippen LogP contribution < -0.4 is 10.5 Å². The molecule has 1 aliphatic heterocycles. The number of anilines is 1. The number of alkyl halides is 5. The number of hydrogen-bond acceptors (Lipinski definition) is 6. The Balaban J connectivity index is 1.40. The van der Waals surface area contributed by atoms with Gasteiger partial charge in [0, 0.05) is 57.3 Å². The van der Waals surface area contributed by atoms with Gasteiger partial charge in [0.1, 0.15) is 5.56 Å². The third-order valence-corrected chi connectivity index (χ3v) is 7.24. The highest BCUT2D eigenvalue weighted by Gasteiger charge is 2.46. The normalized spacial score (nSPS) is 20.9. The monoisotopic (exact) mass is 514 g/mol. The summed E-state index contributed by atoms with van der Waals surface area (Å²) in [5.74, 6) is -2.91. The van der Waals surface area contributed by atoms with Gasteiger partial charge in [-0.25, -0.2) is 23.8 Å². The van der Waals surface area contributed by atoms with Crippen LogP contribution in [0.2, 0.25) is 0 Å². The molecule has 4 rings (SSSR count). The molecule has 1 fully saturated rings. The Morgan fingerprint density at radius 3 is 2.36 bits per heavy atom. The van der Waals surface area contributed by atoms with Gasteiger partial charge in [-0.3, -0.25) is 9.59 Å².